The number of ether oxygens (including phenoxy) is 2. The molecule has 0 N–H and O–H groups in total. The van der Waals surface area contributed by atoms with Crippen molar-refractivity contribution in [2.24, 2.45) is 0 Å². The lowest BCUT2D eigenvalue weighted by Gasteiger charge is -2.13. The zero-order chi connectivity index (χ0) is 16.8. The number of benzene rings is 2. The SMILES string of the molecule is CCc1ccc(OCc2c(Cl)cccc2CC(=O)OC)c(Br)c1. The molecule has 0 unspecified atom stereocenters. The van der Waals surface area contributed by atoms with E-state index in [4.69, 9.17) is 21.1 Å². The van der Waals surface area contributed by atoms with Crippen molar-refractivity contribution in [1.29, 1.82) is 0 Å². The van der Waals surface area contributed by atoms with E-state index in [9.17, 15) is 4.79 Å². The molecule has 122 valence electrons. The van der Waals surface area contributed by atoms with Crippen LogP contribution in [0.5, 0.6) is 5.75 Å². The lowest BCUT2D eigenvalue weighted by Crippen LogP contribution is -2.09. The highest BCUT2D eigenvalue weighted by atomic mass is 79.9. The standard InChI is InChI=1S/C18H18BrClO3/c1-3-12-7-8-17(15(19)9-12)23-11-14-13(10-18(21)22-2)5-4-6-16(14)20/h4-9H,3,10-11H2,1-2H3. The molecule has 0 aliphatic heterocycles. The van der Waals surface area contributed by atoms with Crippen LogP contribution in [0, 0.1) is 0 Å². The zero-order valence-corrected chi connectivity index (χ0v) is 15.4. The molecule has 0 spiro atoms. The van der Waals surface area contributed by atoms with Crippen molar-refractivity contribution in [1.82, 2.24) is 0 Å². The number of halogens is 2. The number of esters is 1. The van der Waals surface area contributed by atoms with Crippen molar-refractivity contribution >= 4 is 33.5 Å². The number of aryl methyl sites for hydroxylation is 1. The number of rotatable bonds is 6. The van der Waals surface area contributed by atoms with Crippen LogP contribution in [0.3, 0.4) is 0 Å². The van der Waals surface area contributed by atoms with Crippen molar-refractivity contribution in [3.8, 4) is 5.75 Å². The predicted molar refractivity (Wildman–Crippen MR) is 95.0 cm³/mol. The zero-order valence-electron chi connectivity index (χ0n) is 13.1. The van der Waals surface area contributed by atoms with Crippen molar-refractivity contribution in [3.63, 3.8) is 0 Å². The van der Waals surface area contributed by atoms with E-state index in [-0.39, 0.29) is 19.0 Å². The molecular formula is C18H18BrClO3. The molecule has 0 saturated heterocycles. The first-order valence-corrected chi connectivity index (χ1v) is 8.46. The van der Waals surface area contributed by atoms with Crippen molar-refractivity contribution in [2.45, 2.75) is 26.4 Å². The maximum absolute atomic E-state index is 11.5. The maximum atomic E-state index is 11.5. The highest BCUT2D eigenvalue weighted by Crippen LogP contribution is 2.29. The molecule has 3 nitrogen and oxygen atoms in total. The molecule has 0 aliphatic rings. The molecule has 0 atom stereocenters. The summed E-state index contributed by atoms with van der Waals surface area (Å²) in [5.41, 5.74) is 2.84. The van der Waals surface area contributed by atoms with Crippen LogP contribution >= 0.6 is 27.5 Å². The first kappa shape index (κ1) is 17.8. The van der Waals surface area contributed by atoms with Gasteiger partial charge in [-0.15, -0.1) is 0 Å². The van der Waals surface area contributed by atoms with E-state index in [1.807, 2.05) is 30.3 Å². The topological polar surface area (TPSA) is 35.5 Å². The van der Waals surface area contributed by atoms with Crippen LogP contribution in [-0.2, 0) is 29.0 Å². The fourth-order valence-corrected chi connectivity index (χ4v) is 2.98. The normalized spacial score (nSPS) is 10.4. The summed E-state index contributed by atoms with van der Waals surface area (Å²) in [5.74, 6) is 0.438. The first-order chi connectivity index (χ1) is 11.0. The van der Waals surface area contributed by atoms with Crippen LogP contribution in [0.1, 0.15) is 23.6 Å². The summed E-state index contributed by atoms with van der Waals surface area (Å²) >= 11 is 9.78. The van der Waals surface area contributed by atoms with Gasteiger partial charge in [-0.3, -0.25) is 4.79 Å². The molecule has 2 aromatic carbocycles. The molecule has 0 fully saturated rings. The molecule has 0 aromatic heterocycles. The number of methoxy groups -OCH3 is 1. The predicted octanol–water partition coefficient (Wildman–Crippen LogP) is 4.96. The summed E-state index contributed by atoms with van der Waals surface area (Å²) in [4.78, 5) is 11.5. The lowest BCUT2D eigenvalue weighted by molar-refractivity contribution is -0.139. The Labute approximate surface area is 149 Å². The minimum absolute atomic E-state index is 0.172. The van der Waals surface area contributed by atoms with Gasteiger partial charge in [0.15, 0.2) is 0 Å². The van der Waals surface area contributed by atoms with E-state index in [0.29, 0.717) is 5.02 Å². The Bertz CT molecular complexity index is 701. The number of hydrogen-bond donors (Lipinski definition) is 0. The fourth-order valence-electron chi connectivity index (χ4n) is 2.19. The molecule has 2 rings (SSSR count). The Balaban J connectivity index is 2.18. The Morgan fingerprint density at radius 3 is 2.70 bits per heavy atom. The average molecular weight is 398 g/mol. The molecule has 0 amide bonds. The van der Waals surface area contributed by atoms with E-state index in [2.05, 4.69) is 22.9 Å². The molecular weight excluding hydrogens is 380 g/mol. The molecule has 0 bridgehead atoms. The Hall–Kier alpha value is -1.52. The minimum atomic E-state index is -0.304. The van der Waals surface area contributed by atoms with Gasteiger partial charge in [0.1, 0.15) is 12.4 Å². The Kier molecular flexibility index (Phi) is 6.48. The number of carbonyl (C=O) groups is 1. The second-order valence-electron chi connectivity index (χ2n) is 5.04. The van der Waals surface area contributed by atoms with Gasteiger partial charge >= 0.3 is 5.97 Å². The lowest BCUT2D eigenvalue weighted by atomic mass is 10.1. The van der Waals surface area contributed by atoms with Crippen LogP contribution in [0.15, 0.2) is 40.9 Å². The van der Waals surface area contributed by atoms with E-state index in [1.165, 1.54) is 12.7 Å². The summed E-state index contributed by atoms with van der Waals surface area (Å²) in [6.07, 6.45) is 1.14. The van der Waals surface area contributed by atoms with Gasteiger partial charge in [-0.2, -0.15) is 0 Å². The maximum Gasteiger partial charge on any atom is 0.309 e. The molecule has 0 radical (unpaired) electrons. The van der Waals surface area contributed by atoms with Gasteiger partial charge in [0.25, 0.3) is 0 Å². The molecule has 0 aliphatic carbocycles. The molecule has 0 heterocycles. The third-order valence-corrected chi connectivity index (χ3v) is 4.53. The molecule has 5 heteroatoms. The van der Waals surface area contributed by atoms with Gasteiger partial charge in [-0.25, -0.2) is 0 Å². The van der Waals surface area contributed by atoms with Crippen LogP contribution < -0.4 is 4.74 Å². The largest absolute Gasteiger partial charge is 0.488 e. The van der Waals surface area contributed by atoms with Gasteiger partial charge in [0.2, 0.25) is 0 Å². The van der Waals surface area contributed by atoms with E-state index in [0.717, 1.165) is 27.8 Å². The minimum Gasteiger partial charge on any atom is -0.488 e. The van der Waals surface area contributed by atoms with Crippen LogP contribution in [0.4, 0.5) is 0 Å². The second-order valence-corrected chi connectivity index (χ2v) is 6.30. The van der Waals surface area contributed by atoms with Crippen LogP contribution in [0.25, 0.3) is 0 Å². The number of carbonyl (C=O) groups excluding carboxylic acids is 1. The van der Waals surface area contributed by atoms with Gasteiger partial charge in [-0.1, -0.05) is 36.7 Å². The summed E-state index contributed by atoms with van der Waals surface area (Å²) in [7, 11) is 1.37. The highest BCUT2D eigenvalue weighted by molar-refractivity contribution is 9.10. The fraction of sp³-hybridized carbons (Fsp3) is 0.278. The summed E-state index contributed by atoms with van der Waals surface area (Å²) < 4.78 is 11.5. The third-order valence-electron chi connectivity index (χ3n) is 3.55. The summed E-state index contributed by atoms with van der Waals surface area (Å²) in [6.45, 7) is 2.39. The van der Waals surface area contributed by atoms with Gasteiger partial charge in [0, 0.05) is 10.6 Å². The molecule has 2 aromatic rings. The first-order valence-electron chi connectivity index (χ1n) is 7.29. The van der Waals surface area contributed by atoms with E-state index in [1.54, 1.807) is 6.07 Å². The van der Waals surface area contributed by atoms with E-state index < -0.39 is 0 Å². The highest BCUT2D eigenvalue weighted by Gasteiger charge is 2.13. The van der Waals surface area contributed by atoms with Gasteiger partial charge in [0.05, 0.1) is 18.0 Å². The average Bonchev–Trinajstić information content (AvgIpc) is 2.55. The summed E-state index contributed by atoms with van der Waals surface area (Å²) in [6, 6.07) is 11.5. The van der Waals surface area contributed by atoms with Gasteiger partial charge in [-0.05, 0) is 51.7 Å². The van der Waals surface area contributed by atoms with E-state index >= 15 is 0 Å². The third kappa shape index (κ3) is 4.72. The van der Waals surface area contributed by atoms with Crippen LogP contribution in [-0.4, -0.2) is 13.1 Å². The molecule has 0 saturated carbocycles. The Morgan fingerprint density at radius 1 is 1.26 bits per heavy atom. The molecule has 23 heavy (non-hydrogen) atoms. The Morgan fingerprint density at radius 2 is 2.04 bits per heavy atom. The summed E-state index contributed by atoms with van der Waals surface area (Å²) in [5, 5.41) is 0.577. The van der Waals surface area contributed by atoms with Gasteiger partial charge < -0.3 is 9.47 Å². The quantitative estimate of drug-likeness (QED) is 0.646. The smallest absolute Gasteiger partial charge is 0.309 e. The van der Waals surface area contributed by atoms with Crippen LogP contribution in [0.2, 0.25) is 5.02 Å². The van der Waals surface area contributed by atoms with Crippen molar-refractivity contribution in [3.05, 3.63) is 62.6 Å². The second kappa shape index (κ2) is 8.37. The number of hydrogen-bond acceptors (Lipinski definition) is 3. The monoisotopic (exact) mass is 396 g/mol. The van der Waals surface area contributed by atoms with Crippen molar-refractivity contribution < 1.29 is 14.3 Å². The van der Waals surface area contributed by atoms with Crippen molar-refractivity contribution in [2.75, 3.05) is 7.11 Å².